The van der Waals surface area contributed by atoms with E-state index in [-0.39, 0.29) is 12.4 Å². The number of aromatic nitrogens is 1. The van der Waals surface area contributed by atoms with Crippen molar-refractivity contribution in [1.82, 2.24) is 9.88 Å². The van der Waals surface area contributed by atoms with Gasteiger partial charge >= 0.3 is 0 Å². The van der Waals surface area contributed by atoms with Crippen LogP contribution in [0.2, 0.25) is 0 Å². The Morgan fingerprint density at radius 2 is 1.95 bits per heavy atom. The van der Waals surface area contributed by atoms with Gasteiger partial charge in [0.15, 0.2) is 5.58 Å². The smallest absolute Gasteiger partial charge is 0.298 e. The topological polar surface area (TPSA) is 32.5 Å². The highest BCUT2D eigenvalue weighted by molar-refractivity contribution is 5.85. The summed E-state index contributed by atoms with van der Waals surface area (Å²) in [5.41, 5.74) is 3.10. The maximum atomic E-state index is 5.99. The molecule has 0 aliphatic carbocycles. The van der Waals surface area contributed by atoms with Gasteiger partial charge in [0.05, 0.1) is 0 Å². The van der Waals surface area contributed by atoms with Crippen molar-refractivity contribution in [2.45, 2.75) is 25.8 Å². The highest BCUT2D eigenvalue weighted by atomic mass is 35.5. The number of hydrogen-bond acceptors (Lipinski definition) is 4. The molecule has 3 saturated heterocycles. The molecule has 1 aromatic carbocycles. The summed E-state index contributed by atoms with van der Waals surface area (Å²) in [4.78, 5) is 9.60. The Morgan fingerprint density at radius 3 is 2.75 bits per heavy atom. The van der Waals surface area contributed by atoms with E-state index in [1.54, 1.807) is 0 Å². The van der Waals surface area contributed by atoms with Crippen LogP contribution < -0.4 is 4.90 Å². The SMILES string of the molecule is Cc1ccc2nc(N3CCN4CCC3CC4)oc2c1.Cl. The molecule has 108 valence electrons. The molecule has 0 saturated carbocycles. The zero-order valence-corrected chi connectivity index (χ0v) is 12.5. The van der Waals surface area contributed by atoms with E-state index in [9.17, 15) is 0 Å². The molecule has 20 heavy (non-hydrogen) atoms. The molecule has 4 heterocycles. The van der Waals surface area contributed by atoms with Crippen molar-refractivity contribution in [2.24, 2.45) is 0 Å². The predicted molar refractivity (Wildman–Crippen MR) is 82.8 cm³/mol. The normalized spacial score (nSPS) is 25.6. The molecule has 2 bridgehead atoms. The lowest BCUT2D eigenvalue weighted by Gasteiger charge is -2.30. The summed E-state index contributed by atoms with van der Waals surface area (Å²) < 4.78 is 5.99. The Balaban J connectivity index is 0.00000121. The average molecular weight is 294 g/mol. The quantitative estimate of drug-likeness (QED) is 0.809. The fourth-order valence-electron chi connectivity index (χ4n) is 3.28. The van der Waals surface area contributed by atoms with E-state index in [1.807, 2.05) is 0 Å². The van der Waals surface area contributed by atoms with Crippen molar-refractivity contribution < 1.29 is 4.42 Å². The van der Waals surface area contributed by atoms with Crippen LogP contribution in [0.1, 0.15) is 18.4 Å². The van der Waals surface area contributed by atoms with E-state index >= 15 is 0 Å². The standard InChI is InChI=1S/C15H19N3O.ClH/c1-11-2-3-13-14(10-11)19-15(16-13)18-9-8-17-6-4-12(18)5-7-17;/h2-3,10,12H,4-9H2,1H3;1H. The van der Waals surface area contributed by atoms with Gasteiger partial charge in [0.2, 0.25) is 0 Å². The first-order chi connectivity index (χ1) is 9.29. The molecule has 0 atom stereocenters. The number of anilines is 1. The molecule has 5 heteroatoms. The fourth-order valence-corrected chi connectivity index (χ4v) is 3.28. The van der Waals surface area contributed by atoms with Crippen molar-refractivity contribution in [3.05, 3.63) is 23.8 Å². The van der Waals surface area contributed by atoms with Crippen LogP contribution in [0.3, 0.4) is 0 Å². The summed E-state index contributed by atoms with van der Waals surface area (Å²) >= 11 is 0. The maximum absolute atomic E-state index is 5.99. The van der Waals surface area contributed by atoms with Crippen molar-refractivity contribution >= 4 is 29.5 Å². The predicted octanol–water partition coefficient (Wildman–Crippen LogP) is 2.84. The lowest BCUT2D eigenvalue weighted by Crippen LogP contribution is -2.38. The van der Waals surface area contributed by atoms with Crippen molar-refractivity contribution in [3.63, 3.8) is 0 Å². The zero-order valence-electron chi connectivity index (χ0n) is 11.7. The van der Waals surface area contributed by atoms with E-state index in [1.165, 1.54) is 31.5 Å². The average Bonchev–Trinajstić information content (AvgIpc) is 2.61. The van der Waals surface area contributed by atoms with E-state index < -0.39 is 0 Å². The lowest BCUT2D eigenvalue weighted by molar-refractivity contribution is 0.249. The number of rotatable bonds is 1. The Hall–Kier alpha value is -1.26. The molecular formula is C15H20ClN3O. The summed E-state index contributed by atoms with van der Waals surface area (Å²) in [6, 6.07) is 7.64. The van der Waals surface area contributed by atoms with Gasteiger partial charge in [0.1, 0.15) is 5.52 Å². The molecule has 4 nitrogen and oxygen atoms in total. The number of benzene rings is 1. The van der Waals surface area contributed by atoms with Crippen LogP contribution in [-0.2, 0) is 0 Å². The molecule has 5 rings (SSSR count). The second kappa shape index (κ2) is 5.26. The molecule has 3 fully saturated rings. The summed E-state index contributed by atoms with van der Waals surface area (Å²) in [6.45, 7) is 6.70. The second-order valence-electron chi connectivity index (χ2n) is 5.73. The Kier molecular flexibility index (Phi) is 3.61. The van der Waals surface area contributed by atoms with Crippen LogP contribution >= 0.6 is 12.4 Å². The third-order valence-corrected chi connectivity index (χ3v) is 4.43. The number of nitrogens with zero attached hydrogens (tertiary/aromatic N) is 3. The highest BCUT2D eigenvalue weighted by Crippen LogP contribution is 2.29. The molecule has 0 amide bonds. The largest absolute Gasteiger partial charge is 0.423 e. The lowest BCUT2D eigenvalue weighted by atomic mass is 10.1. The Morgan fingerprint density at radius 1 is 1.15 bits per heavy atom. The molecule has 3 aliphatic heterocycles. The van der Waals surface area contributed by atoms with Gasteiger partial charge in [-0.05, 0) is 37.5 Å². The van der Waals surface area contributed by atoms with Gasteiger partial charge in [0, 0.05) is 32.2 Å². The fraction of sp³-hybridized carbons (Fsp3) is 0.533. The van der Waals surface area contributed by atoms with Gasteiger partial charge in [0.25, 0.3) is 6.01 Å². The first kappa shape index (κ1) is 13.7. The van der Waals surface area contributed by atoms with Gasteiger partial charge in [-0.2, -0.15) is 4.98 Å². The van der Waals surface area contributed by atoms with Gasteiger partial charge in [-0.25, -0.2) is 0 Å². The number of piperidine rings is 1. The van der Waals surface area contributed by atoms with Crippen LogP contribution in [0, 0.1) is 6.92 Å². The monoisotopic (exact) mass is 293 g/mol. The summed E-state index contributed by atoms with van der Waals surface area (Å²) in [5, 5.41) is 0. The van der Waals surface area contributed by atoms with Crippen molar-refractivity contribution in [3.8, 4) is 0 Å². The van der Waals surface area contributed by atoms with Crippen LogP contribution in [0.4, 0.5) is 6.01 Å². The third-order valence-electron chi connectivity index (χ3n) is 4.43. The molecule has 1 aromatic heterocycles. The molecule has 0 radical (unpaired) electrons. The van der Waals surface area contributed by atoms with Gasteiger partial charge in [-0.3, -0.25) is 0 Å². The van der Waals surface area contributed by atoms with E-state index in [2.05, 4.69) is 39.9 Å². The summed E-state index contributed by atoms with van der Waals surface area (Å²) in [6.07, 6.45) is 2.47. The number of halogens is 1. The van der Waals surface area contributed by atoms with Crippen LogP contribution in [0.15, 0.2) is 22.6 Å². The minimum Gasteiger partial charge on any atom is -0.423 e. The van der Waals surface area contributed by atoms with Crippen LogP contribution in [0.25, 0.3) is 11.1 Å². The highest BCUT2D eigenvalue weighted by Gasteiger charge is 2.31. The minimum absolute atomic E-state index is 0. The molecular weight excluding hydrogens is 274 g/mol. The molecule has 0 unspecified atom stereocenters. The van der Waals surface area contributed by atoms with Crippen LogP contribution in [-0.4, -0.2) is 42.1 Å². The summed E-state index contributed by atoms with van der Waals surface area (Å²) in [5.74, 6) is 0. The van der Waals surface area contributed by atoms with Crippen LogP contribution in [0.5, 0.6) is 0 Å². The number of fused-ring (bicyclic) bond motifs is 5. The Bertz CT molecular complexity index is 604. The first-order valence-corrected chi connectivity index (χ1v) is 7.16. The second-order valence-corrected chi connectivity index (χ2v) is 5.73. The molecule has 0 spiro atoms. The third kappa shape index (κ3) is 2.27. The van der Waals surface area contributed by atoms with E-state index in [0.717, 1.165) is 30.2 Å². The number of aryl methyl sites for hydroxylation is 1. The zero-order chi connectivity index (χ0) is 12.8. The van der Waals surface area contributed by atoms with Crippen molar-refractivity contribution in [2.75, 3.05) is 31.1 Å². The van der Waals surface area contributed by atoms with E-state index in [0.29, 0.717) is 6.04 Å². The molecule has 3 aliphatic rings. The number of hydrogen-bond donors (Lipinski definition) is 0. The maximum Gasteiger partial charge on any atom is 0.298 e. The number of oxazole rings is 1. The molecule has 0 N–H and O–H groups in total. The van der Waals surface area contributed by atoms with Gasteiger partial charge < -0.3 is 14.2 Å². The van der Waals surface area contributed by atoms with Gasteiger partial charge in [-0.15, -0.1) is 12.4 Å². The van der Waals surface area contributed by atoms with E-state index in [4.69, 9.17) is 4.42 Å². The van der Waals surface area contributed by atoms with Crippen molar-refractivity contribution in [1.29, 1.82) is 0 Å². The minimum atomic E-state index is 0. The Labute approximate surface area is 125 Å². The first-order valence-electron chi connectivity index (χ1n) is 7.16. The van der Waals surface area contributed by atoms with Gasteiger partial charge in [-0.1, -0.05) is 6.07 Å². The molecule has 2 aromatic rings. The summed E-state index contributed by atoms with van der Waals surface area (Å²) in [7, 11) is 0.